The molecule has 0 saturated carbocycles. The zero-order valence-corrected chi connectivity index (χ0v) is 12.0. The Labute approximate surface area is 116 Å². The van der Waals surface area contributed by atoms with E-state index < -0.39 is 11.6 Å². The van der Waals surface area contributed by atoms with Crippen LogP contribution in [0.5, 0.6) is 0 Å². The van der Waals surface area contributed by atoms with E-state index in [1.165, 1.54) is 12.1 Å². The van der Waals surface area contributed by atoms with Crippen molar-refractivity contribution in [2.45, 2.75) is 13.8 Å². The van der Waals surface area contributed by atoms with Gasteiger partial charge in [-0.15, -0.1) is 0 Å². The maximum absolute atomic E-state index is 14.0. The number of rotatable bonds is 1. The smallest absolute Gasteiger partial charge is 0.149 e. The molecule has 0 fully saturated rings. The largest absolute Gasteiger partial charge is 0.347 e. The molecule has 1 heterocycles. The monoisotopic (exact) mass is 330 g/mol. The van der Waals surface area contributed by atoms with Crippen LogP contribution < -0.4 is 0 Å². The molecule has 94 valence electrons. The Morgan fingerprint density at radius 1 is 1.28 bits per heavy atom. The molecule has 2 rings (SSSR count). The number of hydrogen-bond donors (Lipinski definition) is 1. The van der Waals surface area contributed by atoms with Gasteiger partial charge in [0.05, 0.1) is 15.7 Å². The van der Waals surface area contributed by atoms with E-state index in [-0.39, 0.29) is 20.4 Å². The van der Waals surface area contributed by atoms with E-state index in [9.17, 15) is 8.78 Å². The van der Waals surface area contributed by atoms with Gasteiger partial charge in [0, 0.05) is 5.69 Å². The molecule has 1 aromatic carbocycles. The van der Waals surface area contributed by atoms with Crippen LogP contribution >= 0.6 is 28.1 Å². The highest BCUT2D eigenvalue weighted by Gasteiger charge is 2.17. The lowest BCUT2D eigenvalue weighted by Crippen LogP contribution is -2.00. The van der Waals surface area contributed by atoms with E-state index in [4.69, 9.17) is 12.2 Å². The average molecular weight is 331 g/mol. The Morgan fingerprint density at radius 2 is 1.94 bits per heavy atom. The highest BCUT2D eigenvalue weighted by atomic mass is 79.9. The zero-order chi connectivity index (χ0) is 13.4. The van der Waals surface area contributed by atoms with Gasteiger partial charge in [-0.05, 0) is 41.9 Å². The van der Waals surface area contributed by atoms with Crippen LogP contribution in [0.2, 0.25) is 0 Å². The summed E-state index contributed by atoms with van der Waals surface area (Å²) in [5.74, 6) is -1.39. The second-order valence-corrected chi connectivity index (χ2v) is 5.11. The molecular formula is C12H9BrF2N2S. The van der Waals surface area contributed by atoms with Gasteiger partial charge in [0.15, 0.2) is 0 Å². The van der Waals surface area contributed by atoms with Gasteiger partial charge in [-0.1, -0.05) is 12.2 Å². The molecule has 0 aliphatic rings. The van der Waals surface area contributed by atoms with Crippen molar-refractivity contribution in [2.24, 2.45) is 0 Å². The molecule has 0 amide bonds. The summed E-state index contributed by atoms with van der Waals surface area (Å²) in [7, 11) is 0. The van der Waals surface area contributed by atoms with Crippen molar-refractivity contribution in [1.82, 2.24) is 9.97 Å². The van der Waals surface area contributed by atoms with Crippen LogP contribution in [0.25, 0.3) is 11.3 Å². The minimum atomic E-state index is -0.703. The maximum atomic E-state index is 14.0. The van der Waals surface area contributed by atoms with Crippen LogP contribution in [-0.2, 0) is 0 Å². The minimum absolute atomic E-state index is 0.115. The molecule has 1 N–H and O–H groups in total. The molecule has 0 saturated heterocycles. The number of aromatic amines is 1. The first-order valence-corrected chi connectivity index (χ1v) is 6.33. The van der Waals surface area contributed by atoms with Gasteiger partial charge < -0.3 is 4.98 Å². The first kappa shape index (κ1) is 13.3. The fraction of sp³-hybridized carbons (Fsp3) is 0.167. The summed E-state index contributed by atoms with van der Waals surface area (Å²) in [6.07, 6.45) is 0. The molecule has 0 atom stereocenters. The van der Waals surface area contributed by atoms with E-state index >= 15 is 0 Å². The van der Waals surface area contributed by atoms with Crippen LogP contribution in [0.3, 0.4) is 0 Å². The molecule has 18 heavy (non-hydrogen) atoms. The number of benzene rings is 1. The van der Waals surface area contributed by atoms with Crippen molar-refractivity contribution < 1.29 is 8.78 Å². The van der Waals surface area contributed by atoms with Crippen molar-refractivity contribution >= 4 is 28.1 Å². The van der Waals surface area contributed by atoms with Crippen LogP contribution in [-0.4, -0.2) is 9.97 Å². The third-order valence-corrected chi connectivity index (χ3v) is 3.53. The lowest BCUT2D eigenvalue weighted by Gasteiger charge is -2.08. The molecule has 2 aromatic rings. The number of hydrogen-bond acceptors (Lipinski definition) is 2. The van der Waals surface area contributed by atoms with Crippen molar-refractivity contribution in [1.29, 1.82) is 0 Å². The quantitative estimate of drug-likeness (QED) is 0.617. The molecule has 0 radical (unpaired) electrons. The van der Waals surface area contributed by atoms with Crippen molar-refractivity contribution in [3.63, 3.8) is 0 Å². The molecule has 0 spiro atoms. The summed E-state index contributed by atoms with van der Waals surface area (Å²) in [5.41, 5.74) is 1.33. The Balaban J connectivity index is 2.82. The predicted molar refractivity (Wildman–Crippen MR) is 71.9 cm³/mol. The van der Waals surface area contributed by atoms with E-state index in [1.807, 2.05) is 0 Å². The summed E-state index contributed by atoms with van der Waals surface area (Å²) in [6.45, 7) is 3.55. The summed E-state index contributed by atoms with van der Waals surface area (Å²) in [4.78, 5) is 7.05. The highest BCUT2D eigenvalue weighted by Crippen LogP contribution is 2.30. The van der Waals surface area contributed by atoms with Gasteiger partial charge in [0.25, 0.3) is 0 Å². The summed E-state index contributed by atoms with van der Waals surface area (Å²) in [5, 5.41) is 0. The zero-order valence-electron chi connectivity index (χ0n) is 9.64. The van der Waals surface area contributed by atoms with E-state index in [1.54, 1.807) is 13.8 Å². The summed E-state index contributed by atoms with van der Waals surface area (Å²) in [6, 6.07) is 2.48. The van der Waals surface area contributed by atoms with Crippen LogP contribution in [0.4, 0.5) is 8.78 Å². The fourth-order valence-electron chi connectivity index (χ4n) is 1.54. The number of halogens is 3. The molecule has 0 bridgehead atoms. The van der Waals surface area contributed by atoms with Gasteiger partial charge in [-0.25, -0.2) is 13.8 Å². The van der Waals surface area contributed by atoms with Crippen LogP contribution in [0, 0.1) is 30.1 Å². The second-order valence-electron chi connectivity index (χ2n) is 3.84. The summed E-state index contributed by atoms with van der Waals surface area (Å²) < 4.78 is 28.1. The SMILES string of the molecule is Cc1nc(-c2c(F)ccc(Br)c2F)c(=S)[nH]c1C. The third kappa shape index (κ3) is 2.22. The Hall–Kier alpha value is -1.14. The lowest BCUT2D eigenvalue weighted by molar-refractivity contribution is 0.584. The van der Waals surface area contributed by atoms with Gasteiger partial charge in [0.1, 0.15) is 22.0 Å². The first-order chi connectivity index (χ1) is 8.41. The van der Waals surface area contributed by atoms with Gasteiger partial charge in [-0.2, -0.15) is 0 Å². The molecule has 0 aliphatic heterocycles. The number of nitrogens with one attached hydrogen (secondary N) is 1. The maximum Gasteiger partial charge on any atom is 0.149 e. The van der Waals surface area contributed by atoms with Crippen molar-refractivity contribution in [3.8, 4) is 11.3 Å². The molecule has 0 aliphatic carbocycles. The molecular weight excluding hydrogens is 322 g/mol. The fourth-order valence-corrected chi connectivity index (χ4v) is 2.17. The number of nitrogens with zero attached hydrogens (tertiary/aromatic N) is 1. The van der Waals surface area contributed by atoms with Gasteiger partial charge >= 0.3 is 0 Å². The number of H-pyrrole nitrogens is 1. The molecule has 1 aromatic heterocycles. The molecule has 6 heteroatoms. The lowest BCUT2D eigenvalue weighted by atomic mass is 10.1. The topological polar surface area (TPSA) is 28.7 Å². The van der Waals surface area contributed by atoms with Gasteiger partial charge in [-0.3, -0.25) is 0 Å². The Morgan fingerprint density at radius 3 is 2.61 bits per heavy atom. The van der Waals surface area contributed by atoms with Crippen molar-refractivity contribution in [3.05, 3.63) is 44.3 Å². The standard InChI is InChI=1S/C12H9BrF2N2S/c1-5-6(2)17-12(18)11(16-5)9-8(14)4-3-7(13)10(9)15/h3-4H,1-2H3,(H,17,18). The van der Waals surface area contributed by atoms with Crippen LogP contribution in [0.1, 0.15) is 11.4 Å². The van der Waals surface area contributed by atoms with Crippen LogP contribution in [0.15, 0.2) is 16.6 Å². The van der Waals surface area contributed by atoms with E-state index in [0.717, 1.165) is 5.69 Å². The second kappa shape index (κ2) is 4.85. The average Bonchev–Trinajstić information content (AvgIpc) is 2.31. The first-order valence-electron chi connectivity index (χ1n) is 5.13. The molecule has 0 unspecified atom stereocenters. The number of aromatic nitrogens is 2. The minimum Gasteiger partial charge on any atom is -0.347 e. The van der Waals surface area contributed by atoms with Crippen molar-refractivity contribution in [2.75, 3.05) is 0 Å². The third-order valence-electron chi connectivity index (χ3n) is 2.62. The summed E-state index contributed by atoms with van der Waals surface area (Å²) >= 11 is 8.10. The van der Waals surface area contributed by atoms with Gasteiger partial charge in [0.2, 0.25) is 0 Å². The van der Waals surface area contributed by atoms with E-state index in [2.05, 4.69) is 25.9 Å². The Kier molecular flexibility index (Phi) is 3.59. The highest BCUT2D eigenvalue weighted by molar-refractivity contribution is 9.10. The molecule has 2 nitrogen and oxygen atoms in total. The Bertz CT molecular complexity index is 683. The predicted octanol–water partition coefficient (Wildman–Crippen LogP) is 4.46. The van der Waals surface area contributed by atoms with E-state index in [0.29, 0.717) is 5.69 Å². The number of aryl methyl sites for hydroxylation is 2. The normalized spacial score (nSPS) is 10.7.